The summed E-state index contributed by atoms with van der Waals surface area (Å²) in [4.78, 5) is 37.4. The zero-order chi connectivity index (χ0) is 18.7. The van der Waals surface area contributed by atoms with Gasteiger partial charge in [-0.15, -0.1) is 0 Å². The van der Waals surface area contributed by atoms with Crippen molar-refractivity contribution in [2.45, 2.75) is 19.5 Å². The Bertz CT molecular complexity index is 835. The summed E-state index contributed by atoms with van der Waals surface area (Å²) in [7, 11) is 0. The van der Waals surface area contributed by atoms with Crippen molar-refractivity contribution in [3.05, 3.63) is 70.2 Å². The fraction of sp³-hybridized carbons (Fsp3) is 0.211. The molecule has 2 aromatic rings. The van der Waals surface area contributed by atoms with E-state index in [-0.39, 0.29) is 30.9 Å². The Morgan fingerprint density at radius 2 is 1.88 bits per heavy atom. The van der Waals surface area contributed by atoms with Crippen LogP contribution in [-0.2, 0) is 11.3 Å². The average molecular weight is 372 g/mol. The summed E-state index contributed by atoms with van der Waals surface area (Å²) in [6.07, 6.45) is 0. The number of nitrogens with zero attached hydrogens (tertiary/aromatic N) is 1. The lowest BCUT2D eigenvalue weighted by Gasteiger charge is -2.18. The van der Waals surface area contributed by atoms with Crippen LogP contribution in [0, 0.1) is 0 Å². The average Bonchev–Trinajstić information content (AvgIpc) is 2.94. The molecule has 1 aliphatic heterocycles. The second-order valence-electron chi connectivity index (χ2n) is 6.04. The van der Waals surface area contributed by atoms with E-state index in [1.54, 1.807) is 36.4 Å². The van der Waals surface area contributed by atoms with Gasteiger partial charge >= 0.3 is 6.03 Å². The van der Waals surface area contributed by atoms with Gasteiger partial charge in [0.05, 0.1) is 19.1 Å². The molecule has 7 heteroatoms. The summed E-state index contributed by atoms with van der Waals surface area (Å²) in [5.74, 6) is -0.574. The van der Waals surface area contributed by atoms with E-state index in [9.17, 15) is 14.4 Å². The van der Waals surface area contributed by atoms with E-state index in [2.05, 4.69) is 10.6 Å². The molecule has 4 amide bonds. The normalized spacial score (nSPS) is 14.9. The third-order valence-corrected chi connectivity index (χ3v) is 4.50. The SMILES string of the molecule is C[C@H](NC(=O)c1ccccc1CN1C(=O)CNC1=O)c1ccc(Cl)cc1. The minimum atomic E-state index is -0.445. The van der Waals surface area contributed by atoms with Crippen LogP contribution in [0.15, 0.2) is 48.5 Å². The zero-order valence-electron chi connectivity index (χ0n) is 14.2. The van der Waals surface area contributed by atoms with Crippen molar-refractivity contribution in [2.24, 2.45) is 0 Å². The molecule has 0 bridgehead atoms. The van der Waals surface area contributed by atoms with Gasteiger partial charge in [-0.1, -0.05) is 41.9 Å². The molecule has 0 saturated carbocycles. The van der Waals surface area contributed by atoms with E-state index in [0.717, 1.165) is 10.5 Å². The summed E-state index contributed by atoms with van der Waals surface area (Å²) in [5.41, 5.74) is 1.97. The van der Waals surface area contributed by atoms with Gasteiger partial charge in [-0.25, -0.2) is 4.79 Å². The quantitative estimate of drug-likeness (QED) is 0.793. The van der Waals surface area contributed by atoms with Crippen LogP contribution in [0.4, 0.5) is 4.79 Å². The van der Waals surface area contributed by atoms with Crippen molar-refractivity contribution in [3.8, 4) is 0 Å². The standard InChI is InChI=1S/C19H18ClN3O3/c1-12(13-6-8-15(20)9-7-13)22-18(25)16-5-3-2-4-14(16)11-23-17(24)10-21-19(23)26/h2-9,12H,10-11H2,1H3,(H,21,26)(H,22,25)/t12-/m0/s1. The molecule has 0 aliphatic carbocycles. The molecule has 2 aromatic carbocycles. The molecule has 3 rings (SSSR count). The fourth-order valence-corrected chi connectivity index (χ4v) is 2.90. The van der Waals surface area contributed by atoms with Crippen LogP contribution in [0.5, 0.6) is 0 Å². The van der Waals surface area contributed by atoms with Gasteiger partial charge in [0, 0.05) is 10.6 Å². The predicted octanol–water partition coefficient (Wildman–Crippen LogP) is 2.88. The summed E-state index contributed by atoms with van der Waals surface area (Å²) in [6.45, 7) is 1.92. The van der Waals surface area contributed by atoms with Crippen LogP contribution < -0.4 is 10.6 Å². The van der Waals surface area contributed by atoms with E-state index >= 15 is 0 Å². The maximum atomic E-state index is 12.7. The number of carbonyl (C=O) groups excluding carboxylic acids is 3. The zero-order valence-corrected chi connectivity index (χ0v) is 14.9. The van der Waals surface area contributed by atoms with Gasteiger partial charge in [0.1, 0.15) is 0 Å². The summed E-state index contributed by atoms with van der Waals surface area (Å²) >= 11 is 5.89. The van der Waals surface area contributed by atoms with E-state index in [0.29, 0.717) is 16.1 Å². The number of urea groups is 1. The van der Waals surface area contributed by atoms with Crippen LogP contribution >= 0.6 is 11.6 Å². The number of imide groups is 1. The highest BCUT2D eigenvalue weighted by molar-refractivity contribution is 6.30. The molecule has 2 N–H and O–H groups in total. The number of halogens is 1. The second kappa shape index (κ2) is 7.58. The van der Waals surface area contributed by atoms with E-state index < -0.39 is 6.03 Å². The third-order valence-electron chi connectivity index (χ3n) is 4.25. The highest BCUT2D eigenvalue weighted by atomic mass is 35.5. The van der Waals surface area contributed by atoms with Crippen LogP contribution in [0.2, 0.25) is 5.02 Å². The van der Waals surface area contributed by atoms with Crippen LogP contribution in [-0.4, -0.2) is 29.3 Å². The molecule has 1 aliphatic rings. The van der Waals surface area contributed by atoms with E-state index in [4.69, 9.17) is 11.6 Å². The van der Waals surface area contributed by atoms with E-state index in [1.807, 2.05) is 19.1 Å². The highest BCUT2D eigenvalue weighted by Gasteiger charge is 2.29. The van der Waals surface area contributed by atoms with Gasteiger partial charge < -0.3 is 10.6 Å². The van der Waals surface area contributed by atoms with Crippen LogP contribution in [0.1, 0.15) is 34.5 Å². The Morgan fingerprint density at radius 1 is 1.19 bits per heavy atom. The van der Waals surface area contributed by atoms with E-state index in [1.165, 1.54) is 0 Å². The number of rotatable bonds is 5. The lowest BCUT2D eigenvalue weighted by atomic mass is 10.0. The summed E-state index contributed by atoms with van der Waals surface area (Å²) < 4.78 is 0. The molecule has 0 spiro atoms. The minimum Gasteiger partial charge on any atom is -0.346 e. The number of amides is 4. The van der Waals surface area contributed by atoms with Crippen LogP contribution in [0.25, 0.3) is 0 Å². The topological polar surface area (TPSA) is 78.5 Å². The molecule has 134 valence electrons. The first-order valence-electron chi connectivity index (χ1n) is 8.18. The fourth-order valence-electron chi connectivity index (χ4n) is 2.77. The Hall–Kier alpha value is -2.86. The number of carbonyl (C=O) groups is 3. The molecular weight excluding hydrogens is 354 g/mol. The van der Waals surface area contributed by atoms with Crippen molar-refractivity contribution in [1.29, 1.82) is 0 Å². The van der Waals surface area contributed by atoms with Crippen molar-refractivity contribution in [3.63, 3.8) is 0 Å². The molecular formula is C19H18ClN3O3. The lowest BCUT2D eigenvalue weighted by molar-refractivity contribution is -0.125. The van der Waals surface area contributed by atoms with Gasteiger partial charge in [0.25, 0.3) is 5.91 Å². The van der Waals surface area contributed by atoms with Gasteiger partial charge in [-0.05, 0) is 36.2 Å². The maximum absolute atomic E-state index is 12.7. The molecule has 26 heavy (non-hydrogen) atoms. The van der Waals surface area contributed by atoms with Gasteiger partial charge in [-0.3, -0.25) is 14.5 Å². The van der Waals surface area contributed by atoms with Crippen molar-refractivity contribution in [1.82, 2.24) is 15.5 Å². The van der Waals surface area contributed by atoms with Crippen molar-refractivity contribution in [2.75, 3.05) is 6.54 Å². The molecule has 1 fully saturated rings. The maximum Gasteiger partial charge on any atom is 0.324 e. The minimum absolute atomic E-state index is 0.0131. The number of benzene rings is 2. The molecule has 0 unspecified atom stereocenters. The Labute approximate surface area is 156 Å². The monoisotopic (exact) mass is 371 g/mol. The largest absolute Gasteiger partial charge is 0.346 e. The number of hydrogen-bond donors (Lipinski definition) is 2. The first-order chi connectivity index (χ1) is 12.5. The Balaban J connectivity index is 1.76. The molecule has 1 atom stereocenters. The van der Waals surface area contributed by atoms with Gasteiger partial charge in [0.2, 0.25) is 5.91 Å². The van der Waals surface area contributed by atoms with Gasteiger partial charge in [0.15, 0.2) is 0 Å². The summed E-state index contributed by atoms with van der Waals surface area (Å²) in [6, 6.07) is 13.5. The lowest BCUT2D eigenvalue weighted by Crippen LogP contribution is -2.32. The molecule has 0 radical (unpaired) electrons. The first-order valence-corrected chi connectivity index (χ1v) is 8.56. The predicted molar refractivity (Wildman–Crippen MR) is 97.7 cm³/mol. The van der Waals surface area contributed by atoms with Crippen molar-refractivity contribution < 1.29 is 14.4 Å². The highest BCUT2D eigenvalue weighted by Crippen LogP contribution is 2.18. The first kappa shape index (κ1) is 17.9. The molecule has 6 nitrogen and oxygen atoms in total. The van der Waals surface area contributed by atoms with Crippen molar-refractivity contribution >= 4 is 29.4 Å². The van der Waals surface area contributed by atoms with Gasteiger partial charge in [-0.2, -0.15) is 0 Å². The number of nitrogens with one attached hydrogen (secondary N) is 2. The Kier molecular flexibility index (Phi) is 5.23. The second-order valence-corrected chi connectivity index (χ2v) is 6.48. The smallest absolute Gasteiger partial charge is 0.324 e. The van der Waals surface area contributed by atoms with Crippen LogP contribution in [0.3, 0.4) is 0 Å². The molecule has 1 saturated heterocycles. The number of hydrogen-bond acceptors (Lipinski definition) is 3. The molecule has 0 aromatic heterocycles. The Morgan fingerprint density at radius 3 is 2.54 bits per heavy atom. The molecule has 1 heterocycles. The third kappa shape index (κ3) is 3.86. The summed E-state index contributed by atoms with van der Waals surface area (Å²) in [5, 5.41) is 6.04.